The van der Waals surface area contributed by atoms with E-state index in [0.29, 0.717) is 15.0 Å². The summed E-state index contributed by atoms with van der Waals surface area (Å²) in [6.45, 7) is 1.95. The van der Waals surface area contributed by atoms with Crippen LogP contribution in [0.2, 0.25) is 5.02 Å². The Morgan fingerprint density at radius 2 is 2.37 bits per heavy atom. The van der Waals surface area contributed by atoms with Gasteiger partial charge in [-0.25, -0.2) is 9.59 Å². The van der Waals surface area contributed by atoms with Gasteiger partial charge in [0.2, 0.25) is 0 Å². The molecule has 5 nitrogen and oxygen atoms in total. The van der Waals surface area contributed by atoms with Crippen molar-refractivity contribution in [1.29, 1.82) is 0 Å². The molecule has 0 bridgehead atoms. The molecule has 0 radical (unpaired) electrons. The van der Waals surface area contributed by atoms with Crippen molar-refractivity contribution in [3.05, 3.63) is 39.8 Å². The van der Waals surface area contributed by atoms with Crippen LogP contribution in [0.4, 0.5) is 10.5 Å². The van der Waals surface area contributed by atoms with Gasteiger partial charge in [0.05, 0.1) is 0 Å². The average Bonchev–Trinajstić information content (AvgIpc) is 2.71. The molecule has 100 valence electrons. The molecular formula is C11H10ClN3O2S2. The van der Waals surface area contributed by atoms with E-state index in [1.54, 1.807) is 24.3 Å². The Morgan fingerprint density at radius 1 is 1.58 bits per heavy atom. The molecule has 19 heavy (non-hydrogen) atoms. The van der Waals surface area contributed by atoms with Crippen LogP contribution in [0.3, 0.4) is 0 Å². The number of benzene rings is 1. The quantitative estimate of drug-likeness (QED) is 0.884. The summed E-state index contributed by atoms with van der Waals surface area (Å²) in [5, 5.41) is 3.11. The standard InChI is InChI=1S/C11H10ClN3O2S2/c1-2-18-11-14-10(17)15(19-11)9(16)13-8-5-3-4-7(12)6-8/h3-6H,2H2,1H3,(H,13,16). The van der Waals surface area contributed by atoms with E-state index in [2.05, 4.69) is 10.3 Å². The molecule has 0 aliphatic rings. The smallest absolute Gasteiger partial charge is 0.306 e. The molecule has 0 aliphatic carbocycles. The number of rotatable bonds is 3. The number of thioether (sulfide) groups is 1. The maximum atomic E-state index is 11.9. The fourth-order valence-electron chi connectivity index (χ4n) is 1.31. The van der Waals surface area contributed by atoms with Crippen molar-refractivity contribution in [2.45, 2.75) is 11.3 Å². The van der Waals surface area contributed by atoms with Crippen LogP contribution >= 0.6 is 34.9 Å². The van der Waals surface area contributed by atoms with Gasteiger partial charge in [-0.05, 0) is 35.5 Å². The lowest BCUT2D eigenvalue weighted by atomic mass is 10.3. The Bertz CT molecular complexity index is 653. The summed E-state index contributed by atoms with van der Waals surface area (Å²) in [4.78, 5) is 27.3. The van der Waals surface area contributed by atoms with Crippen LogP contribution in [0.15, 0.2) is 33.4 Å². The van der Waals surface area contributed by atoms with Gasteiger partial charge in [0.15, 0.2) is 4.34 Å². The summed E-state index contributed by atoms with van der Waals surface area (Å²) in [5.74, 6) is 0.795. The van der Waals surface area contributed by atoms with Gasteiger partial charge < -0.3 is 5.32 Å². The Hall–Kier alpha value is -1.31. The fraction of sp³-hybridized carbons (Fsp3) is 0.182. The van der Waals surface area contributed by atoms with E-state index in [4.69, 9.17) is 11.6 Å². The number of aromatic nitrogens is 2. The minimum absolute atomic E-state index is 0.511. The molecule has 0 spiro atoms. The molecule has 1 N–H and O–H groups in total. The first-order valence-corrected chi connectivity index (χ1v) is 7.54. The maximum Gasteiger partial charge on any atom is 0.367 e. The number of hydrogen-bond donors (Lipinski definition) is 1. The number of amides is 1. The highest BCUT2D eigenvalue weighted by Gasteiger charge is 2.13. The molecule has 1 heterocycles. The third-order valence-corrected chi connectivity index (χ3v) is 4.25. The molecule has 0 fully saturated rings. The van der Waals surface area contributed by atoms with Crippen molar-refractivity contribution in [2.24, 2.45) is 0 Å². The monoisotopic (exact) mass is 315 g/mol. The first-order valence-electron chi connectivity index (χ1n) is 5.40. The molecule has 0 saturated heterocycles. The summed E-state index contributed by atoms with van der Waals surface area (Å²) in [7, 11) is 0. The van der Waals surface area contributed by atoms with Crippen LogP contribution in [0.25, 0.3) is 0 Å². The molecule has 2 rings (SSSR count). The van der Waals surface area contributed by atoms with Gasteiger partial charge in [0, 0.05) is 10.7 Å². The second-order valence-corrected chi connectivity index (χ2v) is 6.30. The second kappa shape index (κ2) is 6.23. The third-order valence-electron chi connectivity index (χ3n) is 2.06. The van der Waals surface area contributed by atoms with Crippen molar-refractivity contribution < 1.29 is 4.79 Å². The predicted molar refractivity (Wildman–Crippen MR) is 78.6 cm³/mol. The lowest BCUT2D eigenvalue weighted by Gasteiger charge is -2.03. The zero-order valence-corrected chi connectivity index (χ0v) is 12.3. The van der Waals surface area contributed by atoms with Crippen molar-refractivity contribution in [3.8, 4) is 0 Å². The van der Waals surface area contributed by atoms with E-state index in [-0.39, 0.29) is 0 Å². The maximum absolute atomic E-state index is 11.9. The fourth-order valence-corrected chi connectivity index (χ4v) is 3.20. The number of carbonyl (C=O) groups is 1. The zero-order valence-electron chi connectivity index (χ0n) is 9.92. The number of hydrogen-bond acceptors (Lipinski definition) is 5. The summed E-state index contributed by atoms with van der Waals surface area (Å²) in [6.07, 6.45) is 0. The molecule has 0 unspecified atom stereocenters. The SMILES string of the molecule is CCSc1nc(=O)n(C(=O)Nc2cccc(Cl)c2)s1. The summed E-state index contributed by atoms with van der Waals surface area (Å²) >= 11 is 8.27. The molecule has 1 amide bonds. The number of nitrogens with zero attached hydrogens (tertiary/aromatic N) is 2. The predicted octanol–water partition coefficient (Wildman–Crippen LogP) is 3.15. The highest BCUT2D eigenvalue weighted by molar-refractivity contribution is 8.00. The third kappa shape index (κ3) is 3.59. The molecule has 0 aliphatic heterocycles. The van der Waals surface area contributed by atoms with Crippen molar-refractivity contribution in [1.82, 2.24) is 8.94 Å². The van der Waals surface area contributed by atoms with Gasteiger partial charge in [-0.15, -0.1) is 0 Å². The second-order valence-electron chi connectivity index (χ2n) is 3.42. The minimum atomic E-state index is -0.569. The molecule has 8 heteroatoms. The van der Waals surface area contributed by atoms with E-state index in [1.807, 2.05) is 6.92 Å². The zero-order chi connectivity index (χ0) is 13.8. The Balaban J connectivity index is 2.18. The van der Waals surface area contributed by atoms with E-state index >= 15 is 0 Å². The summed E-state index contributed by atoms with van der Waals surface area (Å²) < 4.78 is 1.56. The highest BCUT2D eigenvalue weighted by Crippen LogP contribution is 2.19. The van der Waals surface area contributed by atoms with E-state index in [1.165, 1.54) is 11.8 Å². The molecule has 1 aromatic carbocycles. The van der Waals surface area contributed by atoms with E-state index in [0.717, 1.165) is 21.2 Å². The number of halogens is 1. The first kappa shape index (κ1) is 14.1. The molecule has 1 aromatic heterocycles. The number of anilines is 1. The van der Waals surface area contributed by atoms with Crippen LogP contribution in [0, 0.1) is 0 Å². The van der Waals surface area contributed by atoms with Crippen molar-refractivity contribution >= 4 is 46.6 Å². The lowest BCUT2D eigenvalue weighted by molar-refractivity contribution is 0.254. The van der Waals surface area contributed by atoms with Crippen molar-refractivity contribution in [3.63, 3.8) is 0 Å². The van der Waals surface area contributed by atoms with E-state index < -0.39 is 11.7 Å². The Labute approximate surface area is 122 Å². The minimum Gasteiger partial charge on any atom is -0.306 e. The highest BCUT2D eigenvalue weighted by atomic mass is 35.5. The van der Waals surface area contributed by atoms with Crippen molar-refractivity contribution in [2.75, 3.05) is 11.1 Å². The topological polar surface area (TPSA) is 64.0 Å². The molecule has 0 atom stereocenters. The van der Waals surface area contributed by atoms with Crippen LogP contribution < -0.4 is 11.0 Å². The van der Waals surface area contributed by atoms with Gasteiger partial charge in [-0.3, -0.25) is 0 Å². The lowest BCUT2D eigenvalue weighted by Crippen LogP contribution is -2.27. The summed E-state index contributed by atoms with van der Waals surface area (Å²) in [5.41, 5.74) is -0.0389. The van der Waals surface area contributed by atoms with Crippen LogP contribution in [-0.2, 0) is 0 Å². The first-order chi connectivity index (χ1) is 9.10. The normalized spacial score (nSPS) is 10.4. The van der Waals surface area contributed by atoms with Crippen LogP contribution in [0.1, 0.15) is 6.92 Å². The van der Waals surface area contributed by atoms with E-state index in [9.17, 15) is 9.59 Å². The van der Waals surface area contributed by atoms with Gasteiger partial charge in [-0.1, -0.05) is 36.4 Å². The van der Waals surface area contributed by atoms with Crippen LogP contribution in [0.5, 0.6) is 0 Å². The number of carbonyl (C=O) groups excluding carboxylic acids is 1. The number of nitrogens with one attached hydrogen (secondary N) is 1. The van der Waals surface area contributed by atoms with Gasteiger partial charge in [0.25, 0.3) is 0 Å². The Kier molecular flexibility index (Phi) is 4.62. The van der Waals surface area contributed by atoms with Gasteiger partial charge in [-0.2, -0.15) is 8.94 Å². The molecular weight excluding hydrogens is 306 g/mol. The van der Waals surface area contributed by atoms with Crippen LogP contribution in [-0.4, -0.2) is 20.7 Å². The van der Waals surface area contributed by atoms with Gasteiger partial charge in [0.1, 0.15) is 0 Å². The average molecular weight is 316 g/mol. The molecule has 0 saturated carbocycles. The molecule has 2 aromatic rings. The summed E-state index contributed by atoms with van der Waals surface area (Å²) in [6, 6.07) is 6.18. The van der Waals surface area contributed by atoms with Gasteiger partial charge >= 0.3 is 11.7 Å². The Morgan fingerprint density at radius 3 is 3.05 bits per heavy atom. The largest absolute Gasteiger partial charge is 0.367 e.